The smallest absolute Gasteiger partial charge is 0.404 e. The number of hydrogen-bond donors (Lipinski definition) is 2. The van der Waals surface area contributed by atoms with Gasteiger partial charge in [0.15, 0.2) is 5.75 Å². The molecule has 25 heavy (non-hydrogen) atoms. The highest BCUT2D eigenvalue weighted by molar-refractivity contribution is 5.99. The molecule has 0 aromatic heterocycles. The molecule has 0 saturated carbocycles. The van der Waals surface area contributed by atoms with Gasteiger partial charge in [0, 0.05) is 18.7 Å². The van der Waals surface area contributed by atoms with Gasteiger partial charge in [0.25, 0.3) is 0 Å². The van der Waals surface area contributed by atoms with E-state index in [1.54, 1.807) is 6.92 Å². The van der Waals surface area contributed by atoms with Crippen LogP contribution in [0.2, 0.25) is 0 Å². The number of ether oxygens (including phenoxy) is 2. The monoisotopic (exact) mass is 361 g/mol. The highest BCUT2D eigenvalue weighted by atomic mass is 19.4. The SMILES string of the molecule is CC(C(=O)Nc1cc(C(N)=O)ccc1OC(F)(F)F)N1CCOCC1. The molecule has 2 rings (SSSR count). The Kier molecular flexibility index (Phi) is 5.85. The van der Waals surface area contributed by atoms with E-state index >= 15 is 0 Å². The summed E-state index contributed by atoms with van der Waals surface area (Å²) in [6.45, 7) is 3.63. The molecule has 1 aliphatic heterocycles. The number of carbonyl (C=O) groups excluding carboxylic acids is 2. The van der Waals surface area contributed by atoms with Crippen molar-refractivity contribution < 1.29 is 32.2 Å². The average molecular weight is 361 g/mol. The third kappa shape index (κ3) is 5.33. The molecular formula is C15H18F3N3O4. The molecule has 1 heterocycles. The molecule has 0 radical (unpaired) electrons. The van der Waals surface area contributed by atoms with Crippen molar-refractivity contribution >= 4 is 17.5 Å². The zero-order valence-electron chi connectivity index (χ0n) is 13.4. The van der Waals surface area contributed by atoms with Gasteiger partial charge in [0.1, 0.15) is 0 Å². The maximum atomic E-state index is 12.5. The van der Waals surface area contributed by atoms with E-state index in [0.717, 1.165) is 18.2 Å². The fourth-order valence-corrected chi connectivity index (χ4v) is 2.36. The number of nitrogens with two attached hydrogens (primary N) is 1. The Labute approximate surface area is 141 Å². The minimum absolute atomic E-state index is 0.0520. The Morgan fingerprint density at radius 2 is 1.96 bits per heavy atom. The van der Waals surface area contributed by atoms with Gasteiger partial charge in [0.2, 0.25) is 11.8 Å². The van der Waals surface area contributed by atoms with Crippen LogP contribution in [-0.4, -0.2) is 55.4 Å². The predicted molar refractivity (Wildman–Crippen MR) is 82.1 cm³/mol. The Hall–Kier alpha value is -2.33. The van der Waals surface area contributed by atoms with Crippen LogP contribution in [0.25, 0.3) is 0 Å². The quantitative estimate of drug-likeness (QED) is 0.826. The van der Waals surface area contributed by atoms with Gasteiger partial charge in [-0.25, -0.2) is 0 Å². The van der Waals surface area contributed by atoms with Crippen molar-refractivity contribution in [1.29, 1.82) is 0 Å². The van der Waals surface area contributed by atoms with Crippen LogP contribution < -0.4 is 15.8 Å². The average Bonchev–Trinajstić information content (AvgIpc) is 2.55. The van der Waals surface area contributed by atoms with E-state index in [0.29, 0.717) is 26.3 Å². The summed E-state index contributed by atoms with van der Waals surface area (Å²) in [7, 11) is 0. The van der Waals surface area contributed by atoms with Crippen molar-refractivity contribution in [3.05, 3.63) is 23.8 Å². The van der Waals surface area contributed by atoms with Gasteiger partial charge < -0.3 is 20.5 Å². The Morgan fingerprint density at radius 1 is 1.32 bits per heavy atom. The molecule has 0 bridgehead atoms. The second kappa shape index (κ2) is 7.70. The molecule has 1 aromatic rings. The first kappa shape index (κ1) is 19.0. The van der Waals surface area contributed by atoms with Gasteiger partial charge in [-0.15, -0.1) is 13.2 Å². The normalized spacial score (nSPS) is 17.0. The lowest BCUT2D eigenvalue weighted by Crippen LogP contribution is -2.47. The third-order valence-electron chi connectivity index (χ3n) is 3.72. The second-order valence-electron chi connectivity index (χ2n) is 5.44. The van der Waals surface area contributed by atoms with Gasteiger partial charge in [0.05, 0.1) is 24.9 Å². The summed E-state index contributed by atoms with van der Waals surface area (Å²) in [5, 5.41) is 2.37. The summed E-state index contributed by atoms with van der Waals surface area (Å²) in [6.07, 6.45) is -4.94. The fraction of sp³-hybridized carbons (Fsp3) is 0.467. The van der Waals surface area contributed by atoms with Crippen LogP contribution in [0.1, 0.15) is 17.3 Å². The number of carbonyl (C=O) groups is 2. The standard InChI is InChI=1S/C15H18F3N3O4/c1-9(21-4-6-24-7-5-21)14(23)20-11-8-10(13(19)22)2-3-12(11)25-15(16,17)18/h2-3,8-9H,4-7H2,1H3,(H2,19,22)(H,20,23). The minimum atomic E-state index is -4.94. The van der Waals surface area contributed by atoms with E-state index in [1.165, 1.54) is 0 Å². The number of primary amides is 1. The van der Waals surface area contributed by atoms with E-state index in [4.69, 9.17) is 10.5 Å². The molecule has 1 aliphatic rings. The van der Waals surface area contributed by atoms with Crippen molar-refractivity contribution in [1.82, 2.24) is 4.90 Å². The zero-order valence-corrected chi connectivity index (χ0v) is 13.4. The van der Waals surface area contributed by atoms with Crippen molar-refractivity contribution in [2.45, 2.75) is 19.3 Å². The Balaban J connectivity index is 2.20. The van der Waals surface area contributed by atoms with E-state index in [9.17, 15) is 22.8 Å². The Morgan fingerprint density at radius 3 is 2.52 bits per heavy atom. The molecule has 138 valence electrons. The number of alkyl halides is 3. The minimum Gasteiger partial charge on any atom is -0.404 e. The largest absolute Gasteiger partial charge is 0.573 e. The van der Waals surface area contributed by atoms with Crippen molar-refractivity contribution in [2.24, 2.45) is 5.73 Å². The highest BCUT2D eigenvalue weighted by Gasteiger charge is 2.33. The summed E-state index contributed by atoms with van der Waals surface area (Å²) in [5.74, 6) is -1.99. The van der Waals surface area contributed by atoms with Gasteiger partial charge in [-0.05, 0) is 25.1 Å². The number of anilines is 1. The maximum absolute atomic E-state index is 12.5. The lowest BCUT2D eigenvalue weighted by molar-refractivity contribution is -0.274. The zero-order chi connectivity index (χ0) is 18.6. The summed E-state index contributed by atoms with van der Waals surface area (Å²) < 4.78 is 46.6. The van der Waals surface area contributed by atoms with Crippen molar-refractivity contribution in [3.63, 3.8) is 0 Å². The summed E-state index contributed by atoms with van der Waals surface area (Å²) in [5.41, 5.74) is 4.80. The predicted octanol–water partition coefficient (Wildman–Crippen LogP) is 1.34. The molecule has 1 unspecified atom stereocenters. The van der Waals surface area contributed by atoms with E-state index in [2.05, 4.69) is 10.1 Å². The van der Waals surface area contributed by atoms with Gasteiger partial charge in [-0.3, -0.25) is 14.5 Å². The van der Waals surface area contributed by atoms with Gasteiger partial charge in [-0.1, -0.05) is 0 Å². The molecule has 1 fully saturated rings. The number of amides is 2. The van der Waals surface area contributed by atoms with Crippen molar-refractivity contribution in [2.75, 3.05) is 31.6 Å². The molecule has 7 nitrogen and oxygen atoms in total. The number of benzene rings is 1. The number of morpholine rings is 1. The topological polar surface area (TPSA) is 93.9 Å². The first-order valence-electron chi connectivity index (χ1n) is 7.49. The number of halogens is 3. The number of nitrogens with zero attached hydrogens (tertiary/aromatic N) is 1. The molecule has 1 saturated heterocycles. The van der Waals surface area contributed by atoms with Crippen LogP contribution in [0.15, 0.2) is 18.2 Å². The molecule has 10 heteroatoms. The number of hydrogen-bond acceptors (Lipinski definition) is 5. The van der Waals surface area contributed by atoms with E-state index < -0.39 is 30.0 Å². The summed E-state index contributed by atoms with van der Waals surface area (Å²) in [6, 6.07) is 2.47. The van der Waals surface area contributed by atoms with Crippen molar-refractivity contribution in [3.8, 4) is 5.75 Å². The number of nitrogens with one attached hydrogen (secondary N) is 1. The first-order valence-corrected chi connectivity index (χ1v) is 7.49. The first-order chi connectivity index (χ1) is 11.7. The second-order valence-corrected chi connectivity index (χ2v) is 5.44. The molecule has 1 atom stereocenters. The molecule has 1 aromatic carbocycles. The van der Waals surface area contributed by atoms with Crippen LogP contribution in [0.3, 0.4) is 0 Å². The molecule has 2 amide bonds. The maximum Gasteiger partial charge on any atom is 0.573 e. The van der Waals surface area contributed by atoms with Crippen LogP contribution in [0.5, 0.6) is 5.75 Å². The summed E-state index contributed by atoms with van der Waals surface area (Å²) in [4.78, 5) is 25.4. The van der Waals surface area contributed by atoms with Crippen LogP contribution in [-0.2, 0) is 9.53 Å². The fourth-order valence-electron chi connectivity index (χ4n) is 2.36. The molecule has 0 aliphatic carbocycles. The van der Waals surface area contributed by atoms with Gasteiger partial charge >= 0.3 is 6.36 Å². The van der Waals surface area contributed by atoms with E-state index in [1.807, 2.05) is 4.90 Å². The van der Waals surface area contributed by atoms with Gasteiger partial charge in [-0.2, -0.15) is 0 Å². The van der Waals surface area contributed by atoms with E-state index in [-0.39, 0.29) is 11.3 Å². The van der Waals surface area contributed by atoms with Crippen LogP contribution in [0, 0.1) is 0 Å². The summed E-state index contributed by atoms with van der Waals surface area (Å²) >= 11 is 0. The molecule has 3 N–H and O–H groups in total. The van der Waals surface area contributed by atoms with Crippen LogP contribution in [0.4, 0.5) is 18.9 Å². The lowest BCUT2D eigenvalue weighted by atomic mass is 10.1. The Bertz CT molecular complexity index is 645. The van der Waals surface area contributed by atoms with Crippen LogP contribution >= 0.6 is 0 Å². The molecule has 0 spiro atoms. The third-order valence-corrected chi connectivity index (χ3v) is 3.72. The number of rotatable bonds is 5. The highest BCUT2D eigenvalue weighted by Crippen LogP contribution is 2.31. The molecular weight excluding hydrogens is 343 g/mol. The lowest BCUT2D eigenvalue weighted by Gasteiger charge is -2.31.